The molecule has 1 heterocycles. The lowest BCUT2D eigenvalue weighted by molar-refractivity contribution is -0.123. The smallest absolute Gasteiger partial charge is 0.271 e. The van der Waals surface area contributed by atoms with Gasteiger partial charge in [-0.3, -0.25) is 25.2 Å². The number of sulfonamides is 1. The average molecular weight is 470 g/mol. The van der Waals surface area contributed by atoms with Crippen molar-refractivity contribution in [3.8, 4) is 0 Å². The Labute approximate surface area is 185 Å². The number of carbonyl (C=O) groups excluding carboxylic acids is 2. The predicted octanol–water partition coefficient (Wildman–Crippen LogP) is 0.629. The van der Waals surface area contributed by atoms with Gasteiger partial charge < -0.3 is 0 Å². The van der Waals surface area contributed by atoms with Crippen LogP contribution in [0.1, 0.15) is 37.2 Å². The van der Waals surface area contributed by atoms with Crippen LogP contribution in [0, 0.1) is 0 Å². The van der Waals surface area contributed by atoms with Gasteiger partial charge in [0.2, 0.25) is 10.0 Å². The normalized spacial score (nSPS) is 12.5. The van der Waals surface area contributed by atoms with E-state index in [1.54, 1.807) is 24.3 Å². The Morgan fingerprint density at radius 1 is 1.16 bits per heavy atom. The van der Waals surface area contributed by atoms with Crippen molar-refractivity contribution < 1.29 is 18.0 Å². The van der Waals surface area contributed by atoms with Gasteiger partial charge in [-0.1, -0.05) is 25.1 Å². The molecule has 31 heavy (non-hydrogen) atoms. The predicted molar refractivity (Wildman–Crippen MR) is 121 cm³/mol. The summed E-state index contributed by atoms with van der Waals surface area (Å²) in [6.07, 6.45) is 2.75. The molecule has 3 N–H and O–H groups in total. The summed E-state index contributed by atoms with van der Waals surface area (Å²) in [6.45, 7) is 3.69. The second kappa shape index (κ2) is 11.3. The summed E-state index contributed by atoms with van der Waals surface area (Å²) in [4.78, 5) is 37.8. The summed E-state index contributed by atoms with van der Waals surface area (Å²) in [7, 11) is -3.61. The van der Waals surface area contributed by atoms with Crippen molar-refractivity contribution in [2.24, 2.45) is 0 Å². The molecule has 170 valence electrons. The van der Waals surface area contributed by atoms with Gasteiger partial charge in [-0.25, -0.2) is 17.8 Å². The molecular weight excluding hydrogens is 442 g/mol. The van der Waals surface area contributed by atoms with Gasteiger partial charge in [-0.15, -0.1) is 0 Å². The summed E-state index contributed by atoms with van der Waals surface area (Å²) >= 11 is 1.47. The van der Waals surface area contributed by atoms with Crippen LogP contribution in [0.25, 0.3) is 10.8 Å². The summed E-state index contributed by atoms with van der Waals surface area (Å²) < 4.78 is 27.3. The first-order valence-corrected chi connectivity index (χ1v) is 12.9. The molecule has 0 spiro atoms. The Kier molecular flexibility index (Phi) is 9.01. The molecule has 1 atom stereocenters. The molecule has 2 amide bonds. The molecule has 0 aliphatic carbocycles. The van der Waals surface area contributed by atoms with Gasteiger partial charge in [0.1, 0.15) is 6.04 Å². The van der Waals surface area contributed by atoms with Gasteiger partial charge in [-0.05, 0) is 37.8 Å². The number of fused-ring (bicyclic) bond motifs is 1. The standard InChI is InChI=1S/C19H27N5O5S2/c1-4-11-24-19(27)14-9-7-6-8-13(14)16(22-24)18(26)21-20-17(25)15(10-12-30-3)23-31(28,29)5-2/h6-9,15,23H,4-5,10-12H2,1-3H3,(H,20,25)(H,21,26). The fourth-order valence-corrected chi connectivity index (χ4v) is 4.11. The summed E-state index contributed by atoms with van der Waals surface area (Å²) in [5.41, 5.74) is 4.23. The van der Waals surface area contributed by atoms with Gasteiger partial charge in [0, 0.05) is 11.9 Å². The molecule has 12 heteroatoms. The maximum atomic E-state index is 12.8. The minimum atomic E-state index is -3.61. The summed E-state index contributed by atoms with van der Waals surface area (Å²) in [5.74, 6) is -1.02. The van der Waals surface area contributed by atoms with Crippen molar-refractivity contribution in [1.82, 2.24) is 25.4 Å². The Morgan fingerprint density at radius 3 is 2.45 bits per heavy atom. The van der Waals surface area contributed by atoms with Crippen molar-refractivity contribution in [3.63, 3.8) is 0 Å². The lowest BCUT2D eigenvalue weighted by Crippen LogP contribution is -2.53. The van der Waals surface area contributed by atoms with Crippen LogP contribution >= 0.6 is 11.8 Å². The van der Waals surface area contributed by atoms with Crippen LogP contribution in [0.15, 0.2) is 29.1 Å². The number of aromatic nitrogens is 2. The van der Waals surface area contributed by atoms with Crippen LogP contribution in [0.2, 0.25) is 0 Å². The van der Waals surface area contributed by atoms with E-state index in [0.717, 1.165) is 0 Å². The average Bonchev–Trinajstić information content (AvgIpc) is 2.76. The van der Waals surface area contributed by atoms with Crippen LogP contribution in [0.3, 0.4) is 0 Å². The fourth-order valence-electron chi connectivity index (χ4n) is 2.81. The molecule has 0 aliphatic rings. The third-order valence-corrected chi connectivity index (χ3v) is 6.49. The SMILES string of the molecule is CCCn1nc(C(=O)NNC(=O)C(CCSC)NS(=O)(=O)CC)c2ccccc2c1=O. The second-order valence-electron chi connectivity index (χ2n) is 6.72. The first-order valence-electron chi connectivity index (χ1n) is 9.83. The number of hydrogen-bond donors (Lipinski definition) is 3. The highest BCUT2D eigenvalue weighted by Gasteiger charge is 2.24. The maximum Gasteiger partial charge on any atom is 0.290 e. The van der Waals surface area contributed by atoms with Crippen molar-refractivity contribution in [2.45, 2.75) is 39.3 Å². The number of nitrogens with zero attached hydrogens (tertiary/aromatic N) is 2. The highest BCUT2D eigenvalue weighted by molar-refractivity contribution is 7.98. The van der Waals surface area contributed by atoms with Crippen LogP contribution < -0.4 is 21.1 Å². The van der Waals surface area contributed by atoms with E-state index < -0.39 is 27.9 Å². The topological polar surface area (TPSA) is 139 Å². The highest BCUT2D eigenvalue weighted by atomic mass is 32.2. The number of hydrogen-bond acceptors (Lipinski definition) is 7. The molecule has 1 aromatic heterocycles. The Morgan fingerprint density at radius 2 is 1.84 bits per heavy atom. The molecule has 1 aromatic carbocycles. The third-order valence-electron chi connectivity index (χ3n) is 4.45. The van der Waals surface area contributed by atoms with Crippen LogP contribution in [0.5, 0.6) is 0 Å². The van der Waals surface area contributed by atoms with E-state index in [0.29, 0.717) is 29.5 Å². The number of thioether (sulfide) groups is 1. The van der Waals surface area contributed by atoms with E-state index >= 15 is 0 Å². The number of hydrazine groups is 1. The van der Waals surface area contributed by atoms with Crippen LogP contribution in [-0.2, 0) is 21.4 Å². The molecule has 10 nitrogen and oxygen atoms in total. The van der Waals surface area contributed by atoms with Gasteiger partial charge >= 0.3 is 0 Å². The lowest BCUT2D eigenvalue weighted by Gasteiger charge is -2.18. The van der Waals surface area contributed by atoms with E-state index in [-0.39, 0.29) is 23.4 Å². The number of carbonyl (C=O) groups is 2. The number of benzene rings is 1. The van der Waals surface area contributed by atoms with Gasteiger partial charge in [0.15, 0.2) is 5.69 Å². The highest BCUT2D eigenvalue weighted by Crippen LogP contribution is 2.13. The Hall–Kier alpha value is -2.44. The van der Waals surface area contributed by atoms with Crippen molar-refractivity contribution in [1.29, 1.82) is 0 Å². The Bertz CT molecular complexity index is 1100. The molecule has 2 aromatic rings. The van der Waals surface area contributed by atoms with E-state index in [9.17, 15) is 22.8 Å². The fraction of sp³-hybridized carbons (Fsp3) is 0.474. The molecular formula is C19H27N5O5S2. The number of amides is 2. The van der Waals surface area contributed by atoms with Gasteiger partial charge in [-0.2, -0.15) is 16.9 Å². The summed E-state index contributed by atoms with van der Waals surface area (Å²) in [6, 6.07) is 5.56. The zero-order valence-electron chi connectivity index (χ0n) is 17.7. The van der Waals surface area contributed by atoms with E-state index in [4.69, 9.17) is 0 Å². The van der Waals surface area contributed by atoms with Crippen LogP contribution in [0.4, 0.5) is 0 Å². The monoisotopic (exact) mass is 469 g/mol. The van der Waals surface area contributed by atoms with Crippen molar-refractivity contribution in [2.75, 3.05) is 17.8 Å². The third kappa shape index (κ3) is 6.52. The minimum Gasteiger partial charge on any atom is -0.271 e. The number of nitrogens with one attached hydrogen (secondary N) is 3. The lowest BCUT2D eigenvalue weighted by atomic mass is 10.1. The molecule has 0 saturated carbocycles. The van der Waals surface area contributed by atoms with Gasteiger partial charge in [0.05, 0.1) is 11.1 Å². The van der Waals surface area contributed by atoms with Crippen molar-refractivity contribution in [3.05, 3.63) is 40.3 Å². The van der Waals surface area contributed by atoms with E-state index in [1.807, 2.05) is 13.2 Å². The molecule has 0 fully saturated rings. The molecule has 2 rings (SSSR count). The molecule has 0 aliphatic heterocycles. The quantitative estimate of drug-likeness (QED) is 0.434. The molecule has 0 bridgehead atoms. The van der Waals surface area contributed by atoms with Crippen molar-refractivity contribution >= 4 is 44.4 Å². The summed E-state index contributed by atoms with van der Waals surface area (Å²) in [5, 5.41) is 4.86. The molecule has 0 radical (unpaired) electrons. The largest absolute Gasteiger partial charge is 0.290 e. The first-order chi connectivity index (χ1) is 14.7. The van der Waals surface area contributed by atoms with Crippen LogP contribution in [-0.4, -0.2) is 53.8 Å². The maximum absolute atomic E-state index is 12.8. The zero-order chi connectivity index (χ0) is 23.0. The Balaban J connectivity index is 2.24. The minimum absolute atomic E-state index is 0.0150. The molecule has 0 saturated heterocycles. The van der Waals surface area contributed by atoms with Gasteiger partial charge in [0.25, 0.3) is 17.4 Å². The van der Waals surface area contributed by atoms with E-state index in [2.05, 4.69) is 20.7 Å². The molecule has 1 unspecified atom stereocenters. The number of rotatable bonds is 10. The van der Waals surface area contributed by atoms with E-state index in [1.165, 1.54) is 23.4 Å². The first kappa shape index (κ1) is 24.8. The number of aryl methyl sites for hydroxylation is 1. The zero-order valence-corrected chi connectivity index (χ0v) is 19.3. The second-order valence-corrected chi connectivity index (χ2v) is 9.75.